The first-order valence-corrected chi connectivity index (χ1v) is 13.1. The maximum atomic E-state index is 3.64. The summed E-state index contributed by atoms with van der Waals surface area (Å²) in [7, 11) is 0. The Morgan fingerprint density at radius 3 is 2.19 bits per heavy atom. The van der Waals surface area contributed by atoms with Gasteiger partial charge in [-0.3, -0.25) is 0 Å². The predicted molar refractivity (Wildman–Crippen MR) is 95.6 cm³/mol. The first-order valence-electron chi connectivity index (χ1n) is 4.25. The Hall–Kier alpha value is 2.87. The van der Waals surface area contributed by atoms with Crippen LogP contribution in [0.5, 0.6) is 0 Å². The number of thioether (sulfide) groups is 4. The molecule has 0 fully saturated rings. The monoisotopic (exact) mass is 594 g/mol. The molecule has 0 aromatic heterocycles. The van der Waals surface area contributed by atoms with Crippen LogP contribution in [-0.4, -0.2) is 41.4 Å². The van der Waals surface area contributed by atoms with Crippen LogP contribution in [0.3, 0.4) is 0 Å². The van der Waals surface area contributed by atoms with Crippen LogP contribution in [0.4, 0.5) is 0 Å². The molecule has 0 amide bonds. The number of halogens is 2. The third-order valence-corrected chi connectivity index (χ3v) is 19.4. The van der Waals surface area contributed by atoms with E-state index in [1.54, 1.807) is 15.2 Å². The molecule has 8 heteroatoms. The summed E-state index contributed by atoms with van der Waals surface area (Å²) in [5.74, 6) is 2.65. The SMILES string of the molecule is BrC1=C(I)SC(=C2[Se]C3=C(SCCS3)[Se]2)S1. The molecule has 3 aliphatic heterocycles. The molecule has 0 unspecified atom stereocenters. The summed E-state index contributed by atoms with van der Waals surface area (Å²) in [4.78, 5) is 0. The molecule has 0 aromatic rings. The fourth-order valence-electron chi connectivity index (χ4n) is 1.15. The zero-order valence-electron chi connectivity index (χ0n) is 7.62. The summed E-state index contributed by atoms with van der Waals surface area (Å²) < 4.78 is 9.55. The van der Waals surface area contributed by atoms with Crippen LogP contribution in [0.25, 0.3) is 0 Å². The first kappa shape index (κ1) is 13.8. The molecule has 3 heterocycles. The Labute approximate surface area is 146 Å². The number of hydrogen-bond acceptors (Lipinski definition) is 4. The second-order valence-electron chi connectivity index (χ2n) is 2.80. The van der Waals surface area contributed by atoms with E-state index < -0.39 is 0 Å². The van der Waals surface area contributed by atoms with Gasteiger partial charge >= 0.3 is 149 Å². The molecular weight excluding hydrogens is 589 g/mol. The molecular formula is C8H4BrIS4Se2. The van der Waals surface area contributed by atoms with Crippen LogP contribution in [0.15, 0.2) is 21.9 Å². The molecule has 0 atom stereocenters. The molecule has 3 rings (SSSR count). The van der Waals surface area contributed by atoms with Crippen LogP contribution in [-0.2, 0) is 0 Å². The van der Waals surface area contributed by atoms with Crippen molar-refractivity contribution in [3.63, 3.8) is 0 Å². The molecule has 0 aliphatic carbocycles. The van der Waals surface area contributed by atoms with E-state index in [1.165, 1.54) is 18.2 Å². The zero-order chi connectivity index (χ0) is 11.1. The van der Waals surface area contributed by atoms with Gasteiger partial charge in [-0.2, -0.15) is 0 Å². The maximum absolute atomic E-state index is 3.64. The van der Waals surface area contributed by atoms with Gasteiger partial charge in [-0.15, -0.1) is 0 Å². The minimum absolute atomic E-state index is 0.650. The molecule has 0 radical (unpaired) electrons. The Morgan fingerprint density at radius 2 is 1.69 bits per heavy atom. The predicted octanol–water partition coefficient (Wildman–Crippen LogP) is 4.58. The topological polar surface area (TPSA) is 0 Å². The van der Waals surface area contributed by atoms with Crippen molar-refractivity contribution < 1.29 is 0 Å². The van der Waals surface area contributed by atoms with E-state index in [-0.39, 0.29) is 0 Å². The van der Waals surface area contributed by atoms with Gasteiger partial charge in [-0.1, -0.05) is 0 Å². The van der Waals surface area contributed by atoms with Crippen molar-refractivity contribution in [2.24, 2.45) is 0 Å². The molecule has 0 N–H and O–H groups in total. The molecule has 0 nitrogen and oxygen atoms in total. The average molecular weight is 593 g/mol. The van der Waals surface area contributed by atoms with Crippen molar-refractivity contribution in [1.82, 2.24) is 0 Å². The van der Waals surface area contributed by atoms with Crippen LogP contribution < -0.4 is 0 Å². The fraction of sp³-hybridized carbons (Fsp3) is 0.250. The van der Waals surface area contributed by atoms with Crippen molar-refractivity contribution in [3.05, 3.63) is 21.9 Å². The van der Waals surface area contributed by atoms with E-state index in [1.807, 2.05) is 23.5 Å². The minimum atomic E-state index is 0.650. The molecule has 0 aromatic carbocycles. The van der Waals surface area contributed by atoms with E-state index >= 15 is 0 Å². The Bertz CT molecular complexity index is 409. The second-order valence-corrected chi connectivity index (χ2v) is 17.2. The quantitative estimate of drug-likeness (QED) is 0.298. The first-order chi connectivity index (χ1) is 7.74. The van der Waals surface area contributed by atoms with E-state index in [4.69, 9.17) is 0 Å². The molecule has 16 heavy (non-hydrogen) atoms. The van der Waals surface area contributed by atoms with Gasteiger partial charge in [0.15, 0.2) is 0 Å². The third-order valence-electron chi connectivity index (χ3n) is 1.77. The molecule has 0 spiro atoms. The summed E-state index contributed by atoms with van der Waals surface area (Å²) in [6.45, 7) is 0. The van der Waals surface area contributed by atoms with Gasteiger partial charge in [0.1, 0.15) is 0 Å². The van der Waals surface area contributed by atoms with Crippen molar-refractivity contribution in [2.75, 3.05) is 11.5 Å². The van der Waals surface area contributed by atoms with Gasteiger partial charge < -0.3 is 0 Å². The Morgan fingerprint density at radius 1 is 1.06 bits per heavy atom. The van der Waals surface area contributed by atoms with Gasteiger partial charge in [-0.25, -0.2) is 0 Å². The molecule has 0 saturated carbocycles. The molecule has 3 aliphatic rings. The van der Waals surface area contributed by atoms with Gasteiger partial charge in [0, 0.05) is 0 Å². The van der Waals surface area contributed by atoms with Gasteiger partial charge in [0.05, 0.1) is 0 Å². The van der Waals surface area contributed by atoms with Crippen LogP contribution in [0, 0.1) is 0 Å². The number of rotatable bonds is 0. The van der Waals surface area contributed by atoms with Crippen molar-refractivity contribution in [2.45, 2.75) is 0 Å². The van der Waals surface area contributed by atoms with E-state index in [0.717, 1.165) is 0 Å². The van der Waals surface area contributed by atoms with Crippen LogP contribution >= 0.6 is 85.6 Å². The zero-order valence-corrected chi connectivity index (χ0v) is 18.1. The summed E-state index contributed by atoms with van der Waals surface area (Å²) in [5, 5.41) is 0. The van der Waals surface area contributed by atoms with Gasteiger partial charge in [0.2, 0.25) is 0 Å². The van der Waals surface area contributed by atoms with Gasteiger partial charge in [-0.05, 0) is 0 Å². The second kappa shape index (κ2) is 6.10. The van der Waals surface area contributed by atoms with Crippen LogP contribution in [0.2, 0.25) is 0 Å². The van der Waals surface area contributed by atoms with E-state index in [9.17, 15) is 0 Å². The standard InChI is InChI=1S/C8H4BrIS4Se2/c9-3-4(10)14-5(13-3)8-15-6-7(16-8)12-2-1-11-6/h1-2H2. The van der Waals surface area contributed by atoms with Crippen LogP contribution in [0.1, 0.15) is 0 Å². The third kappa shape index (κ3) is 2.96. The fourth-order valence-corrected chi connectivity index (χ4v) is 18.6. The van der Waals surface area contributed by atoms with Crippen molar-refractivity contribution in [3.8, 4) is 0 Å². The summed E-state index contributed by atoms with van der Waals surface area (Å²) in [6.07, 6.45) is 0. The van der Waals surface area contributed by atoms with E-state index in [2.05, 4.69) is 62.0 Å². The summed E-state index contributed by atoms with van der Waals surface area (Å²) >= 11 is 15.5. The molecule has 0 saturated heterocycles. The summed E-state index contributed by atoms with van der Waals surface area (Å²) in [5.41, 5.74) is 0. The van der Waals surface area contributed by atoms with Crippen molar-refractivity contribution >= 4 is 115 Å². The normalized spacial score (nSPS) is 25.9. The summed E-state index contributed by atoms with van der Waals surface area (Å²) in [6, 6.07) is 0. The number of hydrogen-bond donors (Lipinski definition) is 0. The molecule has 86 valence electrons. The van der Waals surface area contributed by atoms with E-state index in [0.29, 0.717) is 29.9 Å². The Kier molecular flexibility index (Phi) is 5.28. The molecule has 0 bridgehead atoms. The van der Waals surface area contributed by atoms with Crippen molar-refractivity contribution in [1.29, 1.82) is 0 Å². The Balaban J connectivity index is 1.79. The average Bonchev–Trinajstić information content (AvgIpc) is 2.83. The van der Waals surface area contributed by atoms with Gasteiger partial charge in [0.25, 0.3) is 0 Å².